The number of para-hydroxylation sites is 3. The van der Waals surface area contributed by atoms with Crippen molar-refractivity contribution in [3.05, 3.63) is 253 Å². The summed E-state index contributed by atoms with van der Waals surface area (Å²) in [6.45, 7) is 42.2. The van der Waals surface area contributed by atoms with Gasteiger partial charge < -0.3 is 27.7 Å². The van der Waals surface area contributed by atoms with Crippen molar-refractivity contribution in [2.75, 3.05) is 13.2 Å². The Morgan fingerprint density at radius 3 is 0.926 bits per heavy atom. The average molecular weight is 1900 g/mol. The normalized spacial score (nSPS) is 13.0. The number of benzene rings is 10. The van der Waals surface area contributed by atoms with Gasteiger partial charge in [-0.05, 0) is 146 Å². The van der Waals surface area contributed by atoms with Crippen LogP contribution < -0.4 is 20.7 Å². The van der Waals surface area contributed by atoms with E-state index in [4.69, 9.17) is 43.5 Å². The quantitative estimate of drug-likeness (QED) is 0.0344. The van der Waals surface area contributed by atoms with Crippen LogP contribution in [0.4, 0.5) is 0 Å². The van der Waals surface area contributed by atoms with Crippen molar-refractivity contribution in [1.82, 2.24) is 18.3 Å². The summed E-state index contributed by atoms with van der Waals surface area (Å²) in [4.78, 5) is 0. The molecule has 121 heavy (non-hydrogen) atoms. The van der Waals surface area contributed by atoms with Gasteiger partial charge in [-0.2, -0.15) is 0 Å². The fraction of sp³-hybridized carbons (Fsp3) is 0.314. The molecule has 0 aliphatic carbocycles. The van der Waals surface area contributed by atoms with E-state index in [1.165, 1.54) is 192 Å². The zero-order valence-corrected chi connectivity index (χ0v) is 86.0. The van der Waals surface area contributed by atoms with Crippen molar-refractivity contribution in [3.63, 3.8) is 0 Å². The summed E-state index contributed by atoms with van der Waals surface area (Å²) in [5.74, 6) is 0. The molecule has 16 heteroatoms. The average Bonchev–Trinajstić information content (AvgIpc) is 1.51. The van der Waals surface area contributed by atoms with Gasteiger partial charge in [0.05, 0.1) is 27.3 Å². The van der Waals surface area contributed by atoms with E-state index in [-0.39, 0.29) is 11.2 Å². The number of aryl methyl sites for hydroxylation is 3. The summed E-state index contributed by atoms with van der Waals surface area (Å²) >= 11 is -1.65. The van der Waals surface area contributed by atoms with Gasteiger partial charge in [-0.1, -0.05) is 348 Å². The molecule has 622 valence electrons. The number of ether oxygens (including phenoxy) is 2. The number of unbranched alkanes of at least 4 members (excludes halogenated alkanes) is 6. The molecule has 18 aromatic rings. The van der Waals surface area contributed by atoms with Crippen molar-refractivity contribution >= 4 is 217 Å². The van der Waals surface area contributed by atoms with Crippen LogP contribution in [0, 0.1) is 20.8 Å². The van der Waals surface area contributed by atoms with E-state index in [1.54, 1.807) is 31.5 Å². The van der Waals surface area contributed by atoms with Crippen LogP contribution in [0.2, 0.25) is 64.5 Å². The minimum absolute atomic E-state index is 0.0834. The van der Waals surface area contributed by atoms with Gasteiger partial charge in [0, 0.05) is 75.1 Å². The molecule has 0 aliphatic rings. The first-order chi connectivity index (χ1) is 57.9. The maximum atomic E-state index is 6.17. The van der Waals surface area contributed by atoms with Crippen molar-refractivity contribution in [3.8, 4) is 11.4 Å². The Kier molecular flexibility index (Phi) is 27.2. The van der Waals surface area contributed by atoms with Crippen LogP contribution in [0.5, 0.6) is 0 Å². The van der Waals surface area contributed by atoms with Crippen molar-refractivity contribution < 1.29 is 51.2 Å². The van der Waals surface area contributed by atoms with Crippen LogP contribution in [-0.4, -0.2) is 75.0 Å². The van der Waals surface area contributed by atoms with E-state index in [9.17, 15) is 0 Å². The van der Waals surface area contributed by atoms with Crippen molar-refractivity contribution in [1.29, 1.82) is 0 Å². The third kappa shape index (κ3) is 17.8. The van der Waals surface area contributed by atoms with Crippen LogP contribution >= 0.6 is 34.1 Å². The first-order valence-corrected chi connectivity index (χ1v) is 69.2. The molecule has 4 heterocycles. The first-order valence-electron chi connectivity index (χ1n) is 43.7. The van der Waals surface area contributed by atoms with Gasteiger partial charge in [0.15, 0.2) is 0 Å². The van der Waals surface area contributed by atoms with Crippen molar-refractivity contribution in [2.45, 2.75) is 202 Å². The Labute approximate surface area is 758 Å². The molecule has 0 amide bonds. The predicted molar refractivity (Wildman–Crippen MR) is 537 cm³/mol. The second-order valence-corrected chi connectivity index (χ2v) is 65.5. The number of nitrogens with zero attached hydrogens (tertiary/aromatic N) is 4. The van der Waals surface area contributed by atoms with E-state index < -0.39 is 74.0 Å². The number of aromatic nitrogens is 4. The summed E-state index contributed by atoms with van der Waals surface area (Å²) in [7, 11) is 11.6. The molecular weight excluding hydrogens is 1790 g/mol. The molecule has 1 unspecified atom stereocenters. The van der Waals surface area contributed by atoms with E-state index in [0.717, 1.165) is 44.4 Å². The Balaban J connectivity index is 0.000000177. The number of fused-ring (bicyclic) bond motifs is 20. The van der Waals surface area contributed by atoms with E-state index in [0.29, 0.717) is 0 Å². The molecule has 0 radical (unpaired) electrons. The van der Waals surface area contributed by atoms with Crippen LogP contribution in [0.1, 0.15) is 110 Å². The fourth-order valence-corrected chi connectivity index (χ4v) is 32.9. The van der Waals surface area contributed by atoms with Gasteiger partial charge in [0.2, 0.25) is 0 Å². The third-order valence-corrected chi connectivity index (χ3v) is 36.7. The molecule has 0 N–H and O–H groups in total. The van der Waals surface area contributed by atoms with E-state index in [2.05, 4.69) is 370 Å². The Morgan fingerprint density at radius 2 is 0.579 bits per heavy atom. The second-order valence-electron chi connectivity index (χ2n) is 38.8. The standard InChI is InChI=1S/C54H52N2OSi.C51H66N2OSi3.4ClH.2Zr/c1-37-32-33-47-45(36-37)49-51(56(47)39-24-12-9-13-25-39)41-27-15-17-29-43(41)53(49)58(5,35-21-7-6-20-34-57-54(2,3)4)52-42-28-16-14-26-40(42)50-48(52)44-30-18-19-31-46(44)55(50)38-22-10-8-11-23-38;1-35-25-27-43-41(31-35)45-47(52(43)33-55(6,7)8)37-21-15-17-23-39(37)49(45)57(12,30-20-14-13-19-29-54-51(3,4)5)50-40-24-18-16-22-38(40)48-46(50)42-32-36(2)26-28-44(42)53(48)34-56(9,10)11;;;;;;/h8-19,22-33,36H,6-7,20-21,34-35H2,1-5H3;15-18,21-28,31-32H,13-14,19-20,29-30,33-34H2,1-12H3;4*1H;;/q2*-2;;;;;2*+4/p-4. The van der Waals surface area contributed by atoms with Gasteiger partial charge in [0.1, 0.15) is 0 Å². The first kappa shape index (κ1) is 89.4. The van der Waals surface area contributed by atoms with E-state index >= 15 is 0 Å². The molecule has 0 saturated carbocycles. The Morgan fingerprint density at radius 1 is 0.306 bits per heavy atom. The molecular formula is C105H118Cl4N4O2Si4Zr2. The molecule has 4 aromatic heterocycles. The molecule has 0 aliphatic heterocycles. The van der Waals surface area contributed by atoms with Crippen LogP contribution in [0.15, 0.2) is 237 Å². The molecule has 0 spiro atoms. The number of hydrogen-bond donors (Lipinski definition) is 0. The summed E-state index contributed by atoms with van der Waals surface area (Å²) in [5.41, 5.74) is 17.2. The molecule has 0 bridgehead atoms. The summed E-state index contributed by atoms with van der Waals surface area (Å²) in [6, 6.07) is 93.0. The minimum atomic E-state index is -2.64. The predicted octanol–water partition coefficient (Wildman–Crippen LogP) is 29.8. The van der Waals surface area contributed by atoms with E-state index in [1.807, 2.05) is 0 Å². The molecule has 0 saturated heterocycles. The third-order valence-electron chi connectivity index (χ3n) is 25.0. The number of rotatable bonds is 24. The summed E-state index contributed by atoms with van der Waals surface area (Å²) in [6.07, 6.45) is 11.6. The van der Waals surface area contributed by atoms with Crippen LogP contribution in [0.25, 0.3) is 142 Å². The molecule has 0 fully saturated rings. The molecule has 18 rings (SSSR count). The number of halogens is 4. The Bertz CT molecular complexity index is 6570. The van der Waals surface area contributed by atoms with Gasteiger partial charge in [0.25, 0.3) is 0 Å². The fourth-order valence-electron chi connectivity index (χ4n) is 20.5. The molecule has 6 nitrogen and oxygen atoms in total. The van der Waals surface area contributed by atoms with Gasteiger partial charge >= 0.3 is 75.7 Å². The summed E-state index contributed by atoms with van der Waals surface area (Å²) < 4.78 is 22.9. The molecule has 14 aromatic carbocycles. The van der Waals surface area contributed by atoms with Gasteiger partial charge in [-0.15, -0.1) is 66.6 Å². The number of hydrogen-bond acceptors (Lipinski definition) is 2. The SMILES string of the molecule is Cc1ccc2c(c1)c1c(c3ccccc3[c-]1[Si](C)(CCCCCCOC(C)(C)C)[c-]1c3ccccc3c3c1c1cc(C)ccc1n3C[Si](C)(C)C)n2C[Si](C)(C)C.Cc1ccc2c(c1)c1c(c3ccccc3[c-]1[Si](C)(CCCCCCOC(C)(C)C)[c-]1c3ccccc3c3c1c1ccccc1n3-c1ccccc1)n2-c1ccccc1.[Cl][Zr+2][Cl].[Cl][Zr+2][Cl]. The summed E-state index contributed by atoms with van der Waals surface area (Å²) in [5, 5.41) is 29.5. The maximum absolute atomic E-state index is 6.17. The zero-order valence-electron chi connectivity index (χ0n) is 74.0. The second kappa shape index (κ2) is 36.9. The Hall–Kier alpha value is -6.45. The van der Waals surface area contributed by atoms with Gasteiger partial charge in [-0.25, -0.2) is 0 Å². The topological polar surface area (TPSA) is 38.2 Å². The zero-order chi connectivity index (χ0) is 85.7. The van der Waals surface area contributed by atoms with Crippen LogP contribution in [0.3, 0.4) is 0 Å². The van der Waals surface area contributed by atoms with Crippen LogP contribution in [-0.2, 0) is 63.5 Å². The monoisotopic (exact) mass is 1900 g/mol. The van der Waals surface area contributed by atoms with Crippen molar-refractivity contribution in [2.24, 2.45) is 0 Å². The molecule has 1 atom stereocenters. The van der Waals surface area contributed by atoms with Gasteiger partial charge in [-0.3, -0.25) is 0 Å².